The molecule has 0 saturated carbocycles. The highest BCUT2D eigenvalue weighted by Gasteiger charge is 2.30. The number of nitro benzene ring substituents is 1. The normalized spacial score (nSPS) is 13.1. The lowest BCUT2D eigenvalue weighted by molar-refractivity contribution is -0.384. The SMILES string of the molecule is Cc1cc(C(=O)N2CCc3ccc([N+](=O)[O-])cc32)c(C)n1-c1nccs1. The van der Waals surface area contributed by atoms with Gasteiger partial charge in [0.05, 0.1) is 16.2 Å². The molecule has 1 aromatic carbocycles. The maximum Gasteiger partial charge on any atom is 0.271 e. The van der Waals surface area contributed by atoms with Gasteiger partial charge in [-0.15, -0.1) is 11.3 Å². The number of thiazole rings is 1. The number of amides is 1. The molecule has 1 aliphatic heterocycles. The Hall–Kier alpha value is -3.00. The van der Waals surface area contributed by atoms with Gasteiger partial charge < -0.3 is 4.90 Å². The topological polar surface area (TPSA) is 81.3 Å². The van der Waals surface area contributed by atoms with Crippen molar-refractivity contribution in [1.82, 2.24) is 9.55 Å². The molecular weight excluding hydrogens is 352 g/mol. The van der Waals surface area contributed by atoms with E-state index in [9.17, 15) is 14.9 Å². The van der Waals surface area contributed by atoms with E-state index in [0.717, 1.165) is 22.1 Å². The summed E-state index contributed by atoms with van der Waals surface area (Å²) in [6.07, 6.45) is 2.43. The Morgan fingerprint density at radius 2 is 2.12 bits per heavy atom. The van der Waals surface area contributed by atoms with Gasteiger partial charge >= 0.3 is 0 Å². The number of nitro groups is 1. The molecule has 3 heterocycles. The minimum absolute atomic E-state index is 0.00305. The van der Waals surface area contributed by atoms with Crippen molar-refractivity contribution in [2.24, 2.45) is 0 Å². The van der Waals surface area contributed by atoms with E-state index < -0.39 is 4.92 Å². The first-order chi connectivity index (χ1) is 12.5. The molecule has 0 fully saturated rings. The molecule has 0 N–H and O–H groups in total. The van der Waals surface area contributed by atoms with E-state index in [1.807, 2.05) is 29.9 Å². The summed E-state index contributed by atoms with van der Waals surface area (Å²) in [7, 11) is 0. The van der Waals surface area contributed by atoms with Gasteiger partial charge in [-0.2, -0.15) is 0 Å². The number of nitrogens with zero attached hydrogens (tertiary/aromatic N) is 4. The molecule has 0 aliphatic carbocycles. The lowest BCUT2D eigenvalue weighted by atomic mass is 10.1. The van der Waals surface area contributed by atoms with Crippen LogP contribution in [0.4, 0.5) is 11.4 Å². The number of non-ortho nitro benzene ring substituents is 1. The smallest absolute Gasteiger partial charge is 0.271 e. The van der Waals surface area contributed by atoms with Crippen LogP contribution >= 0.6 is 11.3 Å². The van der Waals surface area contributed by atoms with E-state index in [1.54, 1.807) is 17.2 Å². The van der Waals surface area contributed by atoms with Gasteiger partial charge in [0.1, 0.15) is 0 Å². The molecule has 0 radical (unpaired) electrons. The van der Waals surface area contributed by atoms with Crippen LogP contribution in [0, 0.1) is 24.0 Å². The zero-order valence-electron chi connectivity index (χ0n) is 14.3. The minimum Gasteiger partial charge on any atom is -0.307 e. The number of anilines is 1. The second-order valence-corrected chi connectivity index (χ2v) is 7.08. The predicted molar refractivity (Wildman–Crippen MR) is 99.4 cm³/mol. The number of rotatable bonds is 3. The summed E-state index contributed by atoms with van der Waals surface area (Å²) in [5, 5.41) is 13.8. The maximum absolute atomic E-state index is 13.2. The fraction of sp³-hybridized carbons (Fsp3) is 0.222. The average Bonchev–Trinajstić information content (AvgIpc) is 3.32. The van der Waals surface area contributed by atoms with Gasteiger partial charge in [0.2, 0.25) is 0 Å². The number of hydrogen-bond acceptors (Lipinski definition) is 5. The standard InChI is InChI=1S/C18H16N4O3S/c1-11-9-15(12(2)21(11)18-19-6-8-26-18)17(23)20-7-5-13-3-4-14(22(24)25)10-16(13)20/h3-4,6,8-10H,5,7H2,1-2H3. The molecular formula is C18H16N4O3S. The van der Waals surface area contributed by atoms with Gasteiger partial charge in [0.25, 0.3) is 11.6 Å². The van der Waals surface area contributed by atoms with Gasteiger partial charge in [-0.05, 0) is 31.9 Å². The Balaban J connectivity index is 1.74. The van der Waals surface area contributed by atoms with Crippen molar-refractivity contribution in [1.29, 1.82) is 0 Å². The summed E-state index contributed by atoms with van der Waals surface area (Å²) < 4.78 is 1.96. The van der Waals surface area contributed by atoms with Crippen molar-refractivity contribution < 1.29 is 9.72 Å². The molecule has 0 saturated heterocycles. The van der Waals surface area contributed by atoms with Crippen LogP contribution < -0.4 is 4.90 Å². The predicted octanol–water partition coefficient (Wildman–Crippen LogP) is 3.66. The third-order valence-corrected chi connectivity index (χ3v) is 5.45. The van der Waals surface area contributed by atoms with E-state index in [2.05, 4.69) is 4.98 Å². The lowest BCUT2D eigenvalue weighted by Gasteiger charge is -2.17. The number of aryl methyl sites for hydroxylation is 1. The molecule has 0 spiro atoms. The Bertz CT molecular complexity index is 1020. The molecule has 7 nitrogen and oxygen atoms in total. The van der Waals surface area contributed by atoms with E-state index in [4.69, 9.17) is 0 Å². The van der Waals surface area contributed by atoms with Crippen LogP contribution in [0.3, 0.4) is 0 Å². The highest BCUT2D eigenvalue weighted by Crippen LogP contribution is 2.34. The molecule has 26 heavy (non-hydrogen) atoms. The molecule has 1 aliphatic rings. The fourth-order valence-electron chi connectivity index (χ4n) is 3.44. The quantitative estimate of drug-likeness (QED) is 0.522. The van der Waals surface area contributed by atoms with Crippen LogP contribution in [0.15, 0.2) is 35.8 Å². The number of carbonyl (C=O) groups is 1. The number of aromatic nitrogens is 2. The highest BCUT2D eigenvalue weighted by atomic mass is 32.1. The van der Waals surface area contributed by atoms with Crippen LogP contribution in [-0.2, 0) is 6.42 Å². The highest BCUT2D eigenvalue weighted by molar-refractivity contribution is 7.12. The molecule has 3 aromatic rings. The first kappa shape index (κ1) is 16.5. The summed E-state index contributed by atoms with van der Waals surface area (Å²) >= 11 is 1.51. The third-order valence-electron chi connectivity index (χ3n) is 4.69. The second-order valence-electron chi connectivity index (χ2n) is 6.21. The number of hydrogen-bond donors (Lipinski definition) is 0. The molecule has 4 rings (SSSR count). The fourth-order valence-corrected chi connectivity index (χ4v) is 4.19. The van der Waals surface area contributed by atoms with E-state index in [0.29, 0.717) is 24.2 Å². The van der Waals surface area contributed by atoms with Gasteiger partial charge in [-0.25, -0.2) is 4.98 Å². The first-order valence-corrected chi connectivity index (χ1v) is 9.03. The van der Waals surface area contributed by atoms with Crippen molar-refractivity contribution in [3.63, 3.8) is 0 Å². The van der Waals surface area contributed by atoms with Crippen molar-refractivity contribution in [3.8, 4) is 5.13 Å². The van der Waals surface area contributed by atoms with Crippen molar-refractivity contribution >= 4 is 28.6 Å². The van der Waals surface area contributed by atoms with Gasteiger partial charge in [-0.1, -0.05) is 6.07 Å². The molecule has 132 valence electrons. The third kappa shape index (κ3) is 2.50. The van der Waals surface area contributed by atoms with Crippen LogP contribution in [0.2, 0.25) is 0 Å². The van der Waals surface area contributed by atoms with Gasteiger partial charge in [0, 0.05) is 41.6 Å². The Kier molecular flexibility index (Phi) is 3.84. The summed E-state index contributed by atoms with van der Waals surface area (Å²) in [6, 6.07) is 6.56. The Morgan fingerprint density at radius 1 is 1.31 bits per heavy atom. The number of fused-ring (bicyclic) bond motifs is 1. The second kappa shape index (κ2) is 6.06. The maximum atomic E-state index is 13.2. The van der Waals surface area contributed by atoms with Crippen LogP contribution in [-0.4, -0.2) is 26.9 Å². The lowest BCUT2D eigenvalue weighted by Crippen LogP contribution is -2.29. The van der Waals surface area contributed by atoms with Crippen LogP contribution in [0.1, 0.15) is 27.3 Å². The van der Waals surface area contributed by atoms with Crippen LogP contribution in [0.5, 0.6) is 0 Å². The summed E-state index contributed by atoms with van der Waals surface area (Å²) in [5.41, 5.74) is 3.93. The molecule has 8 heteroatoms. The number of carbonyl (C=O) groups excluding carboxylic acids is 1. The van der Waals surface area contributed by atoms with Gasteiger partial charge in [0.15, 0.2) is 5.13 Å². The average molecular weight is 368 g/mol. The van der Waals surface area contributed by atoms with Crippen molar-refractivity contribution in [2.75, 3.05) is 11.4 Å². The first-order valence-electron chi connectivity index (χ1n) is 8.15. The summed E-state index contributed by atoms with van der Waals surface area (Å²) in [5.74, 6) is -0.139. The zero-order chi connectivity index (χ0) is 18.4. The summed E-state index contributed by atoms with van der Waals surface area (Å²) in [4.78, 5) is 29.8. The van der Waals surface area contributed by atoms with E-state index in [-0.39, 0.29) is 11.6 Å². The monoisotopic (exact) mass is 368 g/mol. The van der Waals surface area contributed by atoms with Crippen molar-refractivity contribution in [2.45, 2.75) is 20.3 Å². The summed E-state index contributed by atoms with van der Waals surface area (Å²) in [6.45, 7) is 4.36. The molecule has 0 bridgehead atoms. The zero-order valence-corrected chi connectivity index (χ0v) is 15.1. The van der Waals surface area contributed by atoms with Gasteiger partial charge in [-0.3, -0.25) is 19.5 Å². The molecule has 2 aromatic heterocycles. The number of benzene rings is 1. The molecule has 1 amide bonds. The molecule has 0 atom stereocenters. The van der Waals surface area contributed by atoms with E-state index in [1.165, 1.54) is 23.5 Å². The molecule has 0 unspecified atom stereocenters. The Labute approximate surface area is 153 Å². The van der Waals surface area contributed by atoms with Crippen molar-refractivity contribution in [3.05, 3.63) is 68.5 Å². The largest absolute Gasteiger partial charge is 0.307 e. The minimum atomic E-state index is -0.435. The Morgan fingerprint density at radius 3 is 2.81 bits per heavy atom. The van der Waals surface area contributed by atoms with E-state index >= 15 is 0 Å². The van der Waals surface area contributed by atoms with Crippen LogP contribution in [0.25, 0.3) is 5.13 Å².